The number of benzene rings is 2. The zero-order valence-corrected chi connectivity index (χ0v) is 12.8. The number of rotatable bonds is 5. The van der Waals surface area contributed by atoms with E-state index in [-0.39, 0.29) is 11.9 Å². The second-order valence-corrected chi connectivity index (χ2v) is 4.62. The molecule has 0 bridgehead atoms. The summed E-state index contributed by atoms with van der Waals surface area (Å²) in [5, 5.41) is 0. The van der Waals surface area contributed by atoms with E-state index in [2.05, 4.69) is 9.98 Å². The van der Waals surface area contributed by atoms with E-state index in [0.717, 1.165) is 5.56 Å². The Kier molecular flexibility index (Phi) is 5.40. The Morgan fingerprint density at radius 2 is 1.74 bits per heavy atom. The summed E-state index contributed by atoms with van der Waals surface area (Å²) in [6.45, 7) is 0.440. The van der Waals surface area contributed by atoms with Gasteiger partial charge in [-0.2, -0.15) is 4.99 Å². The van der Waals surface area contributed by atoms with E-state index in [9.17, 15) is 0 Å². The highest BCUT2D eigenvalue weighted by Crippen LogP contribution is 2.32. The van der Waals surface area contributed by atoms with Crippen LogP contribution in [0, 0.1) is 0 Å². The maximum Gasteiger partial charge on any atom is 0.223 e. The van der Waals surface area contributed by atoms with E-state index in [1.165, 1.54) is 0 Å². The minimum atomic E-state index is -0.152. The van der Waals surface area contributed by atoms with Crippen LogP contribution in [0.15, 0.2) is 58.5 Å². The number of nitrogens with zero attached hydrogens (tertiary/aromatic N) is 2. The summed E-state index contributed by atoms with van der Waals surface area (Å²) < 4.78 is 11.1. The van der Waals surface area contributed by atoms with Crippen molar-refractivity contribution in [3.63, 3.8) is 0 Å². The third-order valence-electron chi connectivity index (χ3n) is 2.87. The number of ether oxygens (including phenoxy) is 2. The molecule has 23 heavy (non-hydrogen) atoms. The molecule has 0 heterocycles. The summed E-state index contributed by atoms with van der Waals surface area (Å²) in [5.41, 5.74) is 17.7. The molecule has 0 aromatic heterocycles. The van der Waals surface area contributed by atoms with Crippen LogP contribution in [-0.2, 0) is 6.61 Å². The van der Waals surface area contributed by atoms with Crippen molar-refractivity contribution in [2.24, 2.45) is 27.2 Å². The van der Waals surface area contributed by atoms with Gasteiger partial charge >= 0.3 is 0 Å². The minimum absolute atomic E-state index is 0.0370. The zero-order chi connectivity index (χ0) is 16.7. The molecule has 0 atom stereocenters. The summed E-state index contributed by atoms with van der Waals surface area (Å²) in [4.78, 5) is 7.73. The molecule has 0 aliphatic carbocycles. The molecule has 0 aliphatic heterocycles. The van der Waals surface area contributed by atoms with Crippen LogP contribution < -0.4 is 26.7 Å². The number of hydrogen-bond donors (Lipinski definition) is 3. The molecule has 0 aliphatic rings. The van der Waals surface area contributed by atoms with Gasteiger partial charge in [0.25, 0.3) is 0 Å². The lowest BCUT2D eigenvalue weighted by molar-refractivity contribution is 0.284. The molecule has 2 rings (SSSR count). The fourth-order valence-corrected chi connectivity index (χ4v) is 1.87. The molecule has 0 spiro atoms. The monoisotopic (exact) mass is 313 g/mol. The number of guanidine groups is 2. The summed E-state index contributed by atoms with van der Waals surface area (Å²) in [5.74, 6) is 0.960. The Morgan fingerprint density at radius 1 is 1.00 bits per heavy atom. The number of hydrogen-bond acceptors (Lipinski definition) is 3. The van der Waals surface area contributed by atoms with Crippen molar-refractivity contribution in [2.75, 3.05) is 7.11 Å². The first-order valence-corrected chi connectivity index (χ1v) is 6.87. The highest BCUT2D eigenvalue weighted by Gasteiger charge is 2.06. The SMILES string of the molecule is COc1cc(N=C(N)N=C(N)N)ccc1OCc1ccccc1. The summed E-state index contributed by atoms with van der Waals surface area (Å²) in [7, 11) is 1.55. The zero-order valence-electron chi connectivity index (χ0n) is 12.8. The lowest BCUT2D eigenvalue weighted by Crippen LogP contribution is -2.26. The quantitative estimate of drug-likeness (QED) is 0.570. The molecule has 0 amide bonds. The molecule has 0 saturated heterocycles. The predicted octanol–water partition coefficient (Wildman–Crippen LogP) is 1.49. The third kappa shape index (κ3) is 4.92. The molecule has 0 radical (unpaired) electrons. The van der Waals surface area contributed by atoms with E-state index in [1.54, 1.807) is 25.3 Å². The molecule has 2 aromatic carbocycles. The van der Waals surface area contributed by atoms with Gasteiger partial charge < -0.3 is 26.7 Å². The Labute approximate surface area is 134 Å². The first-order chi connectivity index (χ1) is 11.1. The normalized spacial score (nSPS) is 10.9. The van der Waals surface area contributed by atoms with Gasteiger partial charge in [0.1, 0.15) is 6.61 Å². The molecular formula is C16H19N5O2. The van der Waals surface area contributed by atoms with E-state index < -0.39 is 0 Å². The van der Waals surface area contributed by atoms with Crippen molar-refractivity contribution in [2.45, 2.75) is 6.61 Å². The van der Waals surface area contributed by atoms with Crippen LogP contribution >= 0.6 is 0 Å². The van der Waals surface area contributed by atoms with E-state index in [4.69, 9.17) is 26.7 Å². The maximum atomic E-state index is 5.77. The fraction of sp³-hybridized carbons (Fsp3) is 0.125. The molecular weight excluding hydrogens is 294 g/mol. The highest BCUT2D eigenvalue weighted by molar-refractivity contribution is 5.93. The number of nitrogens with two attached hydrogens (primary N) is 3. The molecule has 2 aromatic rings. The fourth-order valence-electron chi connectivity index (χ4n) is 1.87. The van der Waals surface area contributed by atoms with Gasteiger partial charge in [-0.05, 0) is 17.7 Å². The Bertz CT molecular complexity index is 710. The van der Waals surface area contributed by atoms with E-state index >= 15 is 0 Å². The Hall–Kier alpha value is -3.22. The summed E-state index contributed by atoms with van der Waals surface area (Å²) in [6, 6.07) is 15.0. The second-order valence-electron chi connectivity index (χ2n) is 4.62. The van der Waals surface area contributed by atoms with Crippen molar-refractivity contribution in [1.29, 1.82) is 0 Å². The lowest BCUT2D eigenvalue weighted by Gasteiger charge is -2.11. The molecule has 0 saturated carbocycles. The lowest BCUT2D eigenvalue weighted by atomic mass is 10.2. The maximum absolute atomic E-state index is 5.77. The van der Waals surface area contributed by atoms with Gasteiger partial charge in [-0.1, -0.05) is 30.3 Å². The first kappa shape index (κ1) is 16.2. The topological polar surface area (TPSA) is 121 Å². The number of aliphatic imine (C=N–C) groups is 2. The standard InChI is InChI=1S/C16H19N5O2/c1-22-14-9-12(20-16(19)21-15(17)18)7-8-13(14)23-10-11-5-3-2-4-6-11/h2-9H,10H2,1H3,(H6,17,18,19,20,21). The smallest absolute Gasteiger partial charge is 0.223 e. The molecule has 7 nitrogen and oxygen atoms in total. The number of methoxy groups -OCH3 is 1. The van der Waals surface area contributed by atoms with Gasteiger partial charge in [0.05, 0.1) is 12.8 Å². The summed E-state index contributed by atoms with van der Waals surface area (Å²) in [6.07, 6.45) is 0. The van der Waals surface area contributed by atoms with Crippen LogP contribution in [0.25, 0.3) is 0 Å². The second kappa shape index (κ2) is 7.69. The van der Waals surface area contributed by atoms with Crippen molar-refractivity contribution in [3.8, 4) is 11.5 Å². The van der Waals surface area contributed by atoms with E-state index in [0.29, 0.717) is 23.8 Å². The average Bonchev–Trinajstić information content (AvgIpc) is 2.53. The third-order valence-corrected chi connectivity index (χ3v) is 2.87. The van der Waals surface area contributed by atoms with Crippen LogP contribution in [0.4, 0.5) is 5.69 Å². The molecule has 0 fully saturated rings. The van der Waals surface area contributed by atoms with Crippen LogP contribution in [0.3, 0.4) is 0 Å². The van der Waals surface area contributed by atoms with Crippen LogP contribution in [-0.4, -0.2) is 19.0 Å². The van der Waals surface area contributed by atoms with E-state index in [1.807, 2.05) is 30.3 Å². The van der Waals surface area contributed by atoms with Gasteiger partial charge in [-0.15, -0.1) is 0 Å². The van der Waals surface area contributed by atoms with Gasteiger partial charge in [-0.25, -0.2) is 4.99 Å². The average molecular weight is 313 g/mol. The van der Waals surface area contributed by atoms with Crippen molar-refractivity contribution in [1.82, 2.24) is 0 Å². The largest absolute Gasteiger partial charge is 0.493 e. The highest BCUT2D eigenvalue weighted by atomic mass is 16.5. The summed E-state index contributed by atoms with van der Waals surface area (Å²) >= 11 is 0. The van der Waals surface area contributed by atoms with Gasteiger partial charge in [0.15, 0.2) is 17.5 Å². The van der Waals surface area contributed by atoms with Crippen LogP contribution in [0.5, 0.6) is 11.5 Å². The molecule has 6 N–H and O–H groups in total. The van der Waals surface area contributed by atoms with Crippen molar-refractivity contribution in [3.05, 3.63) is 54.1 Å². The molecule has 7 heteroatoms. The Morgan fingerprint density at radius 3 is 2.39 bits per heavy atom. The van der Waals surface area contributed by atoms with Crippen LogP contribution in [0.2, 0.25) is 0 Å². The van der Waals surface area contributed by atoms with Crippen molar-refractivity contribution < 1.29 is 9.47 Å². The van der Waals surface area contributed by atoms with Gasteiger partial charge in [0.2, 0.25) is 5.96 Å². The van der Waals surface area contributed by atoms with Crippen LogP contribution in [0.1, 0.15) is 5.56 Å². The predicted molar refractivity (Wildman–Crippen MR) is 90.9 cm³/mol. The minimum Gasteiger partial charge on any atom is -0.493 e. The van der Waals surface area contributed by atoms with Gasteiger partial charge in [0, 0.05) is 6.07 Å². The van der Waals surface area contributed by atoms with Crippen molar-refractivity contribution >= 4 is 17.6 Å². The molecule has 120 valence electrons. The Balaban J connectivity index is 2.15. The first-order valence-electron chi connectivity index (χ1n) is 6.87. The van der Waals surface area contributed by atoms with Gasteiger partial charge in [-0.3, -0.25) is 0 Å². The molecule has 0 unspecified atom stereocenters.